The first-order chi connectivity index (χ1) is 30.3. The average Bonchev–Trinajstić information content (AvgIpc) is 3.61. The monoisotopic (exact) mass is 800 g/mol. The van der Waals surface area contributed by atoms with Gasteiger partial charge in [-0.1, -0.05) is 167 Å². The van der Waals surface area contributed by atoms with E-state index >= 15 is 0 Å². The van der Waals surface area contributed by atoms with E-state index < -0.39 is 0 Å². The quantitative estimate of drug-likeness (QED) is 0.149. The van der Waals surface area contributed by atoms with E-state index in [0.717, 1.165) is 24.2 Å². The van der Waals surface area contributed by atoms with Crippen molar-refractivity contribution >= 4 is 33.8 Å². The van der Waals surface area contributed by atoms with Crippen LogP contribution >= 0.6 is 0 Å². The molecule has 3 aliphatic rings. The molecule has 0 fully saturated rings. The summed E-state index contributed by atoms with van der Waals surface area (Å²) in [6.07, 6.45) is 20.3. The fraction of sp³-hybridized carbons (Fsp3) is 0.133. The zero-order valence-corrected chi connectivity index (χ0v) is 36.1. The van der Waals surface area contributed by atoms with Crippen molar-refractivity contribution in [2.24, 2.45) is 0 Å². The number of nitrogens with zero attached hydrogens (tertiary/aromatic N) is 2. The molecule has 0 aliphatic heterocycles. The van der Waals surface area contributed by atoms with E-state index in [-0.39, 0.29) is 5.41 Å². The number of fused-ring (bicyclic) bond motifs is 4. The third kappa shape index (κ3) is 6.86. The molecule has 1 unspecified atom stereocenters. The van der Waals surface area contributed by atoms with Gasteiger partial charge in [-0.25, -0.2) is 0 Å². The molecule has 10 rings (SSSR count). The summed E-state index contributed by atoms with van der Waals surface area (Å²) in [5.41, 5.74) is 20.6. The highest BCUT2D eigenvalue weighted by atomic mass is 15.2. The molecule has 0 N–H and O–H groups in total. The Hall–Kier alpha value is -7.16. The molecule has 6 aromatic carbocycles. The topological polar surface area (TPSA) is 8.17 Å². The summed E-state index contributed by atoms with van der Waals surface area (Å²) in [4.78, 5) is 2.36. The second-order valence-electron chi connectivity index (χ2n) is 17.4. The van der Waals surface area contributed by atoms with Gasteiger partial charge in [0.1, 0.15) is 0 Å². The fourth-order valence-electron chi connectivity index (χ4n) is 10.0. The molecule has 1 aromatic heterocycles. The van der Waals surface area contributed by atoms with Crippen LogP contribution in [0.25, 0.3) is 56.1 Å². The van der Waals surface area contributed by atoms with E-state index in [2.05, 4.69) is 237 Å². The van der Waals surface area contributed by atoms with Crippen LogP contribution in [-0.2, 0) is 5.41 Å². The van der Waals surface area contributed by atoms with E-state index in [1.54, 1.807) is 0 Å². The molecule has 0 amide bonds. The second kappa shape index (κ2) is 16.0. The van der Waals surface area contributed by atoms with Crippen molar-refractivity contribution in [1.82, 2.24) is 4.57 Å². The molecule has 2 heteroatoms. The highest BCUT2D eigenvalue weighted by Gasteiger charge is 2.38. The summed E-state index contributed by atoms with van der Waals surface area (Å²) >= 11 is 0. The largest absolute Gasteiger partial charge is 0.315 e. The van der Waals surface area contributed by atoms with Crippen LogP contribution < -0.4 is 4.90 Å². The zero-order chi connectivity index (χ0) is 42.4. The molecule has 0 radical (unpaired) electrons. The van der Waals surface area contributed by atoms with E-state index in [1.807, 2.05) is 0 Å². The molecular weight excluding hydrogens is 749 g/mol. The van der Waals surface area contributed by atoms with Gasteiger partial charge < -0.3 is 9.47 Å². The van der Waals surface area contributed by atoms with Crippen molar-refractivity contribution < 1.29 is 0 Å². The van der Waals surface area contributed by atoms with Gasteiger partial charge in [-0.2, -0.15) is 0 Å². The van der Waals surface area contributed by atoms with Crippen molar-refractivity contribution in [1.29, 1.82) is 0 Å². The van der Waals surface area contributed by atoms with Crippen LogP contribution in [0.15, 0.2) is 218 Å². The smallest absolute Gasteiger partial charge is 0.0538 e. The normalized spacial score (nSPS) is 17.7. The lowest BCUT2D eigenvalue weighted by molar-refractivity contribution is 0.660. The summed E-state index contributed by atoms with van der Waals surface area (Å²) in [7, 11) is 0. The van der Waals surface area contributed by atoms with Crippen molar-refractivity contribution in [3.8, 4) is 27.9 Å². The summed E-state index contributed by atoms with van der Waals surface area (Å²) in [6.45, 7) is 14.0. The Kier molecular flexibility index (Phi) is 10.1. The molecule has 1 atom stereocenters. The van der Waals surface area contributed by atoms with Gasteiger partial charge in [-0.15, -0.1) is 0 Å². The Morgan fingerprint density at radius 3 is 2.13 bits per heavy atom. The number of para-hydroxylation sites is 1. The van der Waals surface area contributed by atoms with Crippen LogP contribution in [0.5, 0.6) is 0 Å². The Labute approximate surface area is 367 Å². The number of anilines is 1. The summed E-state index contributed by atoms with van der Waals surface area (Å²) in [5.74, 6) is 0.441. The lowest BCUT2D eigenvalue weighted by Gasteiger charge is -2.30. The van der Waals surface area contributed by atoms with Gasteiger partial charge in [0.2, 0.25) is 0 Å². The van der Waals surface area contributed by atoms with Gasteiger partial charge in [0.15, 0.2) is 0 Å². The predicted octanol–water partition coefficient (Wildman–Crippen LogP) is 16.1. The summed E-state index contributed by atoms with van der Waals surface area (Å²) in [6, 6.07) is 55.1. The zero-order valence-electron chi connectivity index (χ0n) is 36.1. The Morgan fingerprint density at radius 2 is 1.37 bits per heavy atom. The molecule has 3 aliphatic carbocycles. The van der Waals surface area contributed by atoms with Crippen molar-refractivity contribution in [3.63, 3.8) is 0 Å². The van der Waals surface area contributed by atoms with Crippen LogP contribution in [0.2, 0.25) is 0 Å². The van der Waals surface area contributed by atoms with Crippen molar-refractivity contribution in [2.45, 2.75) is 51.9 Å². The van der Waals surface area contributed by atoms with Gasteiger partial charge in [0.25, 0.3) is 0 Å². The first kappa shape index (κ1) is 39.0. The molecule has 0 saturated heterocycles. The van der Waals surface area contributed by atoms with E-state index in [9.17, 15) is 0 Å². The second-order valence-corrected chi connectivity index (χ2v) is 17.4. The average molecular weight is 801 g/mol. The molecule has 7 aromatic rings. The number of allylic oxidation sites excluding steroid dienone is 10. The minimum absolute atomic E-state index is 0.171. The van der Waals surface area contributed by atoms with Crippen LogP contribution in [0, 0.1) is 0 Å². The van der Waals surface area contributed by atoms with Gasteiger partial charge in [0, 0.05) is 45.7 Å². The highest BCUT2D eigenvalue weighted by Crippen LogP contribution is 2.50. The minimum Gasteiger partial charge on any atom is -0.315 e. The molecule has 1 heterocycles. The first-order valence-corrected chi connectivity index (χ1v) is 22.0. The van der Waals surface area contributed by atoms with E-state index in [4.69, 9.17) is 6.58 Å². The third-order valence-electron chi connectivity index (χ3n) is 13.2. The lowest BCUT2D eigenvalue weighted by Crippen LogP contribution is -2.22. The molecule has 62 heavy (non-hydrogen) atoms. The number of hydrogen-bond donors (Lipinski definition) is 0. The third-order valence-corrected chi connectivity index (χ3v) is 13.2. The summed E-state index contributed by atoms with van der Waals surface area (Å²) < 4.78 is 2.43. The van der Waals surface area contributed by atoms with E-state index in [0.29, 0.717) is 5.92 Å². The molecule has 302 valence electrons. The molecule has 0 saturated carbocycles. The van der Waals surface area contributed by atoms with Crippen LogP contribution in [0.1, 0.15) is 74.4 Å². The van der Waals surface area contributed by atoms with Gasteiger partial charge >= 0.3 is 0 Å². The van der Waals surface area contributed by atoms with E-state index in [1.165, 1.54) is 89.2 Å². The summed E-state index contributed by atoms with van der Waals surface area (Å²) in [5, 5.41) is 1.33. The number of benzene rings is 6. The van der Waals surface area contributed by atoms with Gasteiger partial charge in [0.05, 0.1) is 5.52 Å². The number of hydrogen-bond acceptors (Lipinski definition) is 1. The van der Waals surface area contributed by atoms with Crippen LogP contribution in [0.4, 0.5) is 5.69 Å². The maximum atomic E-state index is 4.84. The van der Waals surface area contributed by atoms with Crippen molar-refractivity contribution in [3.05, 3.63) is 246 Å². The Bertz CT molecular complexity index is 3050. The minimum atomic E-state index is -0.171. The van der Waals surface area contributed by atoms with Gasteiger partial charge in [-0.3, -0.25) is 0 Å². The molecule has 0 spiro atoms. The molecular formula is C60H52N2. The first-order valence-electron chi connectivity index (χ1n) is 22.0. The highest BCUT2D eigenvalue weighted by molar-refractivity contribution is 5.95. The Balaban J connectivity index is 1.05. The number of rotatable bonds is 8. The SMILES string of the molecule is C=C(C=C1/C(=C\C)c2ccccc2C1(C)C)N(C1=CC=C(c2ccc3c(c2)c2c(n3-c3ccccc3)C=CCC2C)C=CC1)c1ccc(-c2cccc(-c3ccccc3)c2)cc1. The molecule has 0 bridgehead atoms. The maximum absolute atomic E-state index is 4.84. The number of aromatic nitrogens is 1. The molecule has 2 nitrogen and oxygen atoms in total. The fourth-order valence-corrected chi connectivity index (χ4v) is 10.0. The standard InChI is InChI=1S/C60H52N2/c1-6-52-53-27-13-14-28-55(53)60(4,5)56(52)38-42(3)61(51-35-31-45(32-36-51)47-23-16-22-46(39-47)43-19-9-7-10-20-43)50-26-17-21-44(30-34-50)48-33-37-57-54(40-48)59-41(2)18-15-29-58(59)62(57)49-24-11-8-12-25-49/h6-17,19-25,27-41H,3,18,26H2,1-2,4-5H3/b52-6-,56-38?. The van der Waals surface area contributed by atoms with Gasteiger partial charge in [-0.05, 0) is 141 Å². The van der Waals surface area contributed by atoms with Crippen LogP contribution in [-0.4, -0.2) is 4.57 Å². The Morgan fingerprint density at radius 1 is 0.694 bits per heavy atom. The van der Waals surface area contributed by atoms with Crippen molar-refractivity contribution in [2.75, 3.05) is 4.90 Å². The predicted molar refractivity (Wildman–Crippen MR) is 265 cm³/mol. The van der Waals surface area contributed by atoms with Crippen LogP contribution in [0.3, 0.4) is 0 Å². The maximum Gasteiger partial charge on any atom is 0.0538 e. The lowest BCUT2D eigenvalue weighted by atomic mass is 9.81.